The second-order valence-corrected chi connectivity index (χ2v) is 5.13. The predicted molar refractivity (Wildman–Crippen MR) is 94.1 cm³/mol. The van der Waals surface area contributed by atoms with Crippen LogP contribution in [0.3, 0.4) is 0 Å². The Labute approximate surface area is 141 Å². The zero-order valence-electron chi connectivity index (χ0n) is 13.5. The Balaban J connectivity index is 1.99. The number of rotatable bonds is 7. The summed E-state index contributed by atoms with van der Waals surface area (Å²) in [5, 5.41) is 5.48. The highest BCUT2D eigenvalue weighted by atomic mass is 16.5. The zero-order valence-corrected chi connectivity index (χ0v) is 13.5. The lowest BCUT2D eigenvalue weighted by Gasteiger charge is -2.13. The summed E-state index contributed by atoms with van der Waals surface area (Å²) in [6.45, 7) is 1.80. The molecule has 0 aliphatic carbocycles. The first kappa shape index (κ1) is 17.5. The van der Waals surface area contributed by atoms with E-state index in [2.05, 4.69) is 10.6 Å². The maximum absolute atomic E-state index is 12.0. The first-order valence-electron chi connectivity index (χ1n) is 7.73. The number of ether oxygens (including phenoxy) is 1. The molecule has 2 rings (SSSR count). The van der Waals surface area contributed by atoms with Crippen molar-refractivity contribution in [3.8, 4) is 5.75 Å². The molecule has 6 nitrogen and oxygen atoms in total. The summed E-state index contributed by atoms with van der Waals surface area (Å²) in [4.78, 5) is 23.5. The number of aryl methyl sites for hydroxylation is 1. The fourth-order valence-electron chi connectivity index (χ4n) is 2.14. The van der Waals surface area contributed by atoms with E-state index in [4.69, 9.17) is 10.5 Å². The van der Waals surface area contributed by atoms with Gasteiger partial charge in [-0.3, -0.25) is 9.59 Å². The van der Waals surface area contributed by atoms with Gasteiger partial charge in [0.1, 0.15) is 5.75 Å². The van der Waals surface area contributed by atoms with Crippen molar-refractivity contribution in [3.05, 3.63) is 54.1 Å². The van der Waals surface area contributed by atoms with Crippen molar-refractivity contribution >= 4 is 23.2 Å². The van der Waals surface area contributed by atoms with Gasteiger partial charge < -0.3 is 21.1 Å². The van der Waals surface area contributed by atoms with Crippen LogP contribution in [0.5, 0.6) is 5.75 Å². The molecule has 2 amide bonds. The topological polar surface area (TPSA) is 93.5 Å². The quantitative estimate of drug-likeness (QED) is 0.726. The minimum atomic E-state index is -0.279. The molecule has 4 N–H and O–H groups in total. The van der Waals surface area contributed by atoms with Gasteiger partial charge >= 0.3 is 0 Å². The minimum absolute atomic E-state index is 0.0926. The highest BCUT2D eigenvalue weighted by Gasteiger charge is 2.08. The third-order valence-electron chi connectivity index (χ3n) is 3.35. The lowest BCUT2D eigenvalue weighted by molar-refractivity contribution is -0.118. The highest BCUT2D eigenvalue weighted by molar-refractivity contribution is 5.95. The van der Waals surface area contributed by atoms with Crippen molar-refractivity contribution in [1.29, 1.82) is 0 Å². The summed E-state index contributed by atoms with van der Waals surface area (Å²) in [5.74, 6) is 0.0738. The Kier molecular flexibility index (Phi) is 6.33. The average Bonchev–Trinajstić information content (AvgIpc) is 2.61. The number of carbonyl (C=O) groups is 2. The lowest BCUT2D eigenvalue weighted by atomic mass is 10.1. The van der Waals surface area contributed by atoms with Crippen LogP contribution in [0.2, 0.25) is 0 Å². The van der Waals surface area contributed by atoms with Gasteiger partial charge in [-0.05, 0) is 36.2 Å². The van der Waals surface area contributed by atoms with Gasteiger partial charge in [-0.15, -0.1) is 0 Å². The smallest absolute Gasteiger partial charge is 0.262 e. The van der Waals surface area contributed by atoms with Crippen LogP contribution in [0.15, 0.2) is 48.5 Å². The summed E-state index contributed by atoms with van der Waals surface area (Å²) in [6, 6.07) is 14.5. The molecule has 2 aromatic rings. The molecule has 0 bridgehead atoms. The molecular weight excluding hydrogens is 306 g/mol. The van der Waals surface area contributed by atoms with Gasteiger partial charge in [-0.25, -0.2) is 0 Å². The molecule has 126 valence electrons. The Morgan fingerprint density at radius 3 is 2.46 bits per heavy atom. The average molecular weight is 327 g/mol. The molecule has 0 heterocycles. The lowest BCUT2D eigenvalue weighted by Crippen LogP contribution is -2.23. The van der Waals surface area contributed by atoms with Gasteiger partial charge in [0.2, 0.25) is 5.91 Å². The fraction of sp³-hybridized carbons (Fsp3) is 0.222. The molecule has 0 aromatic heterocycles. The Hall–Kier alpha value is -2.86. The number of para-hydroxylation sites is 1. The number of hydrogen-bond acceptors (Lipinski definition) is 4. The molecule has 24 heavy (non-hydrogen) atoms. The zero-order chi connectivity index (χ0) is 17.4. The van der Waals surface area contributed by atoms with Gasteiger partial charge in [0.05, 0.1) is 6.54 Å². The van der Waals surface area contributed by atoms with Crippen LogP contribution in [0, 0.1) is 0 Å². The van der Waals surface area contributed by atoms with Crippen LogP contribution in [0.1, 0.15) is 12.5 Å². The molecule has 0 radical (unpaired) electrons. The van der Waals surface area contributed by atoms with Gasteiger partial charge in [-0.2, -0.15) is 0 Å². The molecule has 0 spiro atoms. The van der Waals surface area contributed by atoms with E-state index in [1.54, 1.807) is 24.3 Å². The Morgan fingerprint density at radius 1 is 1.04 bits per heavy atom. The van der Waals surface area contributed by atoms with E-state index in [1.807, 2.05) is 31.2 Å². The number of anilines is 2. The normalized spacial score (nSPS) is 10.1. The van der Waals surface area contributed by atoms with E-state index in [-0.39, 0.29) is 25.0 Å². The summed E-state index contributed by atoms with van der Waals surface area (Å²) >= 11 is 0. The van der Waals surface area contributed by atoms with Crippen LogP contribution in [0.4, 0.5) is 11.4 Å². The molecular formula is C18H21N3O3. The molecule has 0 unspecified atom stereocenters. The van der Waals surface area contributed by atoms with Crippen LogP contribution < -0.4 is 21.1 Å². The van der Waals surface area contributed by atoms with Crippen LogP contribution in [-0.4, -0.2) is 25.0 Å². The number of carbonyl (C=O) groups excluding carboxylic acids is 2. The van der Waals surface area contributed by atoms with Crippen molar-refractivity contribution in [2.45, 2.75) is 13.3 Å². The molecule has 0 aliphatic rings. The highest BCUT2D eigenvalue weighted by Crippen LogP contribution is 2.21. The maximum Gasteiger partial charge on any atom is 0.262 e. The van der Waals surface area contributed by atoms with Gasteiger partial charge in [-0.1, -0.05) is 31.2 Å². The number of nitrogens with one attached hydrogen (secondary N) is 2. The second kappa shape index (κ2) is 8.69. The number of benzene rings is 2. The summed E-state index contributed by atoms with van der Waals surface area (Å²) in [5.41, 5.74) is 7.53. The summed E-state index contributed by atoms with van der Waals surface area (Å²) in [7, 11) is 0. The van der Waals surface area contributed by atoms with Crippen molar-refractivity contribution in [2.75, 3.05) is 23.8 Å². The molecule has 0 atom stereocenters. The van der Waals surface area contributed by atoms with Crippen molar-refractivity contribution in [1.82, 2.24) is 0 Å². The fourth-order valence-corrected chi connectivity index (χ4v) is 2.14. The molecule has 2 aromatic carbocycles. The number of hydrogen-bond donors (Lipinski definition) is 3. The largest absolute Gasteiger partial charge is 0.484 e. The van der Waals surface area contributed by atoms with E-state index in [1.165, 1.54) is 0 Å². The maximum atomic E-state index is 12.0. The van der Waals surface area contributed by atoms with E-state index in [9.17, 15) is 9.59 Å². The van der Waals surface area contributed by atoms with Crippen LogP contribution >= 0.6 is 0 Å². The number of nitrogens with two attached hydrogens (primary N) is 1. The molecule has 0 aliphatic heterocycles. The first-order valence-corrected chi connectivity index (χ1v) is 7.73. The second-order valence-electron chi connectivity index (χ2n) is 5.13. The van der Waals surface area contributed by atoms with E-state index < -0.39 is 0 Å². The Morgan fingerprint density at radius 2 is 1.79 bits per heavy atom. The van der Waals surface area contributed by atoms with E-state index >= 15 is 0 Å². The van der Waals surface area contributed by atoms with Crippen LogP contribution in [0.25, 0.3) is 0 Å². The third kappa shape index (κ3) is 5.10. The van der Waals surface area contributed by atoms with Crippen molar-refractivity contribution < 1.29 is 14.3 Å². The van der Waals surface area contributed by atoms with Crippen molar-refractivity contribution in [2.24, 2.45) is 5.73 Å². The monoisotopic (exact) mass is 327 g/mol. The molecule has 0 saturated heterocycles. The molecule has 0 fully saturated rings. The van der Waals surface area contributed by atoms with E-state index in [0.29, 0.717) is 17.1 Å². The summed E-state index contributed by atoms with van der Waals surface area (Å²) in [6.07, 6.45) is 0.755. The standard InChI is InChI=1S/C18H21N3O3/c1-2-13-8-9-14(10-16(13)21-17(22)11-19)20-18(23)12-24-15-6-4-3-5-7-15/h3-10H,2,11-12,19H2,1H3,(H,20,23)(H,21,22). The first-order chi connectivity index (χ1) is 11.6. The SMILES string of the molecule is CCc1ccc(NC(=O)COc2ccccc2)cc1NC(=O)CN. The summed E-state index contributed by atoms with van der Waals surface area (Å²) < 4.78 is 5.40. The Bertz CT molecular complexity index is 702. The number of amides is 2. The van der Waals surface area contributed by atoms with Crippen LogP contribution in [-0.2, 0) is 16.0 Å². The predicted octanol–water partition coefficient (Wildman–Crippen LogP) is 2.16. The third-order valence-corrected chi connectivity index (χ3v) is 3.35. The molecule has 0 saturated carbocycles. The molecule has 6 heteroatoms. The van der Waals surface area contributed by atoms with Gasteiger partial charge in [0.25, 0.3) is 5.91 Å². The van der Waals surface area contributed by atoms with Gasteiger partial charge in [0, 0.05) is 11.4 Å². The van der Waals surface area contributed by atoms with E-state index in [0.717, 1.165) is 12.0 Å². The van der Waals surface area contributed by atoms with Gasteiger partial charge in [0.15, 0.2) is 6.61 Å². The van der Waals surface area contributed by atoms with Crippen molar-refractivity contribution in [3.63, 3.8) is 0 Å². The minimum Gasteiger partial charge on any atom is -0.484 e.